The van der Waals surface area contributed by atoms with Crippen molar-refractivity contribution >= 4 is 12.4 Å². The number of urea groups is 1. The molecule has 1 N–H and O–H groups in total. The van der Waals surface area contributed by atoms with E-state index in [0.717, 1.165) is 31.5 Å². The zero-order chi connectivity index (χ0) is 24.4. The van der Waals surface area contributed by atoms with Crippen molar-refractivity contribution in [2.24, 2.45) is 0 Å². The maximum Gasteiger partial charge on any atom is 0.341 e. The molecule has 6 nitrogen and oxygen atoms in total. The molecule has 180 valence electrons. The van der Waals surface area contributed by atoms with Gasteiger partial charge in [0.2, 0.25) is 6.41 Å². The van der Waals surface area contributed by atoms with E-state index in [4.69, 9.17) is 0 Å². The summed E-state index contributed by atoms with van der Waals surface area (Å²) in [7, 11) is 1.94. The third-order valence-corrected chi connectivity index (χ3v) is 4.90. The van der Waals surface area contributed by atoms with E-state index in [1.165, 1.54) is 11.3 Å². The van der Waals surface area contributed by atoms with E-state index in [9.17, 15) is 9.59 Å². The minimum Gasteiger partial charge on any atom is -0.317 e. The van der Waals surface area contributed by atoms with Gasteiger partial charge in [-0.3, -0.25) is 9.69 Å². The average Bonchev–Trinajstić information content (AvgIpc) is 2.79. The van der Waals surface area contributed by atoms with Crippen molar-refractivity contribution in [2.75, 3.05) is 26.7 Å². The van der Waals surface area contributed by atoms with Gasteiger partial charge in [-0.05, 0) is 39.8 Å². The van der Waals surface area contributed by atoms with Gasteiger partial charge in [0.15, 0.2) is 0 Å². The number of hydrogen-bond acceptors (Lipinski definition) is 4. The molecule has 0 aromatic carbocycles. The molecule has 2 heterocycles. The van der Waals surface area contributed by atoms with Crippen LogP contribution in [0, 0.1) is 0 Å². The van der Waals surface area contributed by atoms with Gasteiger partial charge in [-0.15, -0.1) is 0 Å². The molecule has 2 aliphatic heterocycles. The van der Waals surface area contributed by atoms with Crippen LogP contribution in [0.5, 0.6) is 0 Å². The van der Waals surface area contributed by atoms with Gasteiger partial charge >= 0.3 is 6.03 Å². The minimum atomic E-state index is -0.293. The molecule has 6 heteroatoms. The average molecular weight is 437 g/mol. The Morgan fingerprint density at radius 3 is 2.19 bits per heavy atom. The van der Waals surface area contributed by atoms with Gasteiger partial charge in [0.25, 0.3) is 0 Å². The summed E-state index contributed by atoms with van der Waals surface area (Å²) in [5.41, 5.74) is 0.749. The third-order valence-electron chi connectivity index (χ3n) is 4.90. The highest BCUT2D eigenvalue weighted by atomic mass is 16.2. The fraction of sp³-hybridized carbons (Fsp3) is 0.680. The molecule has 0 aromatic rings. The monoisotopic (exact) mass is 436 g/mol. The lowest BCUT2D eigenvalue weighted by atomic mass is 9.85. The van der Waals surface area contributed by atoms with Gasteiger partial charge in [0, 0.05) is 7.05 Å². The van der Waals surface area contributed by atoms with E-state index < -0.39 is 0 Å². The predicted molar refractivity (Wildman–Crippen MR) is 134 cm³/mol. The van der Waals surface area contributed by atoms with Crippen molar-refractivity contribution in [2.45, 2.75) is 86.2 Å². The topological polar surface area (TPSA) is 55.9 Å². The number of imide groups is 1. The number of likely N-dealkylation sites (N-methyl/N-ethyl adjacent to an activating group) is 1. The number of rotatable bonds is 4. The normalized spacial score (nSPS) is 19.6. The van der Waals surface area contributed by atoms with E-state index in [1.807, 2.05) is 53.6 Å². The van der Waals surface area contributed by atoms with Crippen LogP contribution in [0.4, 0.5) is 4.79 Å². The zero-order valence-corrected chi connectivity index (χ0v) is 21.6. The first-order chi connectivity index (χ1) is 14.9. The highest BCUT2D eigenvalue weighted by Crippen LogP contribution is 2.33. The Hall–Kier alpha value is -1.92. The number of amides is 3. The lowest BCUT2D eigenvalue weighted by Crippen LogP contribution is -2.65. The number of nitrogens with zero attached hydrogens (tertiary/aromatic N) is 3. The molecule has 1 unspecified atom stereocenters. The molecule has 1 atom stereocenters. The number of carbonyl (C=O) groups is 2. The fourth-order valence-corrected chi connectivity index (χ4v) is 3.45. The van der Waals surface area contributed by atoms with Crippen molar-refractivity contribution < 1.29 is 9.59 Å². The Kier molecular flexibility index (Phi) is 17.9. The van der Waals surface area contributed by atoms with Gasteiger partial charge in [-0.1, -0.05) is 84.4 Å². The van der Waals surface area contributed by atoms with Crippen LogP contribution in [-0.2, 0) is 4.79 Å². The second-order valence-electron chi connectivity index (χ2n) is 7.29. The van der Waals surface area contributed by atoms with E-state index in [-0.39, 0.29) is 24.2 Å². The largest absolute Gasteiger partial charge is 0.341 e. The van der Waals surface area contributed by atoms with Gasteiger partial charge < -0.3 is 5.32 Å². The van der Waals surface area contributed by atoms with Gasteiger partial charge in [0.1, 0.15) is 0 Å². The molecule has 3 amide bonds. The number of nitrogens with one attached hydrogen (secondary N) is 1. The first-order valence-corrected chi connectivity index (χ1v) is 11.8. The Labute approximate surface area is 192 Å². The quantitative estimate of drug-likeness (QED) is 0.364. The summed E-state index contributed by atoms with van der Waals surface area (Å²) in [5.74, 6) is 0. The molecular weight excluding hydrogens is 388 g/mol. The predicted octanol–water partition coefficient (Wildman–Crippen LogP) is 5.40. The van der Waals surface area contributed by atoms with Gasteiger partial charge in [-0.2, -0.15) is 0 Å². The number of carbonyl (C=O) groups excluding carboxylic acids is 2. The maximum absolute atomic E-state index is 13.0. The number of piperidine rings is 1. The highest BCUT2D eigenvalue weighted by molar-refractivity contribution is 5.85. The highest BCUT2D eigenvalue weighted by Gasteiger charge is 2.43. The van der Waals surface area contributed by atoms with Crippen LogP contribution >= 0.6 is 0 Å². The lowest BCUT2D eigenvalue weighted by molar-refractivity contribution is -0.119. The van der Waals surface area contributed by atoms with Crippen LogP contribution in [0.25, 0.3) is 0 Å². The zero-order valence-electron chi connectivity index (χ0n) is 21.6. The maximum atomic E-state index is 13.0. The third kappa shape index (κ3) is 9.40. The summed E-state index contributed by atoms with van der Waals surface area (Å²) >= 11 is 0. The molecule has 1 saturated heterocycles. The van der Waals surface area contributed by atoms with Gasteiger partial charge in [0.05, 0.1) is 18.1 Å². The molecule has 0 radical (unpaired) electrons. The molecule has 2 rings (SSSR count). The number of hydrazine groups is 1. The molecule has 2 aliphatic rings. The first-order valence-electron chi connectivity index (χ1n) is 11.8. The second kappa shape index (κ2) is 17.7. The molecular formula is C25H48N4O2. The van der Waals surface area contributed by atoms with E-state index in [1.54, 1.807) is 17.2 Å². The molecule has 1 spiro atoms. The molecule has 0 aliphatic carbocycles. The first kappa shape index (κ1) is 31.3. The molecule has 1 fully saturated rings. The standard InChI is InChI=1S/C18H28N4O2.C3H8.2C2H6/c1-5-6-15(2)13-21(14-23)17(24)22-16(3)7-8-18(20(22)4)9-11-19-12-10-18;1-3-2;2*1-2/h5-8,14,16,19H,1,9-13H2,2-4H3;3H2,1-2H3;2*1-2H3/b15-6+;;;. The van der Waals surface area contributed by atoms with Crippen molar-refractivity contribution in [1.82, 2.24) is 20.2 Å². The number of hydrogen-bond donors (Lipinski definition) is 1. The summed E-state index contributed by atoms with van der Waals surface area (Å²) in [4.78, 5) is 25.7. The van der Waals surface area contributed by atoms with Crippen LogP contribution in [0.3, 0.4) is 0 Å². The van der Waals surface area contributed by atoms with E-state index >= 15 is 0 Å². The smallest absolute Gasteiger partial charge is 0.317 e. The SMILES string of the molecule is C=C/C=C(\C)CN(C=O)C(=O)N1C(C)C=CC2(CCNCC2)N1C.CC.CC.CCC. The van der Waals surface area contributed by atoms with E-state index in [0.29, 0.717) is 6.41 Å². The lowest BCUT2D eigenvalue weighted by Gasteiger charge is -2.52. The Balaban J connectivity index is 0. The Morgan fingerprint density at radius 1 is 1.23 bits per heavy atom. The minimum absolute atomic E-state index is 0.0887. The van der Waals surface area contributed by atoms with Crippen LogP contribution < -0.4 is 5.32 Å². The van der Waals surface area contributed by atoms with Crippen molar-refractivity contribution in [3.63, 3.8) is 0 Å². The molecule has 0 saturated carbocycles. The Morgan fingerprint density at radius 2 is 1.74 bits per heavy atom. The summed E-state index contributed by atoms with van der Waals surface area (Å²) in [6, 6.07) is -0.381. The number of allylic oxidation sites excluding steroid dienone is 2. The fourth-order valence-electron chi connectivity index (χ4n) is 3.45. The summed E-state index contributed by atoms with van der Waals surface area (Å²) in [6.07, 6.45) is 11.5. The molecule has 0 aromatic heterocycles. The van der Waals surface area contributed by atoms with Gasteiger partial charge in [-0.25, -0.2) is 14.8 Å². The van der Waals surface area contributed by atoms with Crippen LogP contribution in [-0.4, -0.2) is 65.6 Å². The molecule has 31 heavy (non-hydrogen) atoms. The van der Waals surface area contributed by atoms with Crippen molar-refractivity contribution in [3.05, 3.63) is 36.5 Å². The summed E-state index contributed by atoms with van der Waals surface area (Å²) < 4.78 is 0. The van der Waals surface area contributed by atoms with E-state index in [2.05, 4.69) is 37.9 Å². The van der Waals surface area contributed by atoms with Crippen LogP contribution in [0.15, 0.2) is 36.5 Å². The van der Waals surface area contributed by atoms with Crippen LogP contribution in [0.2, 0.25) is 0 Å². The van der Waals surface area contributed by atoms with Crippen LogP contribution in [0.1, 0.15) is 74.7 Å². The summed E-state index contributed by atoms with van der Waals surface area (Å²) in [6.45, 7) is 21.9. The second-order valence-corrected chi connectivity index (χ2v) is 7.29. The Bertz CT molecular complexity index is 566. The summed E-state index contributed by atoms with van der Waals surface area (Å²) in [5, 5.41) is 7.07. The van der Waals surface area contributed by atoms with Crippen molar-refractivity contribution in [3.8, 4) is 0 Å². The molecule has 0 bridgehead atoms. The van der Waals surface area contributed by atoms with Crippen molar-refractivity contribution in [1.29, 1.82) is 0 Å².